The minimum absolute atomic E-state index is 0.0291. The van der Waals surface area contributed by atoms with Gasteiger partial charge in [-0.1, -0.05) is 6.92 Å². The second-order valence-electron chi connectivity index (χ2n) is 8.80. The Labute approximate surface area is 183 Å². The van der Waals surface area contributed by atoms with Gasteiger partial charge in [-0.15, -0.1) is 11.3 Å². The van der Waals surface area contributed by atoms with Gasteiger partial charge in [0.1, 0.15) is 9.77 Å². The molecule has 0 N–H and O–H groups in total. The molecular weight excluding hydrogens is 422 g/mol. The van der Waals surface area contributed by atoms with Gasteiger partial charge in [-0.25, -0.2) is 8.42 Å². The van der Waals surface area contributed by atoms with Crippen molar-refractivity contribution in [3.05, 3.63) is 16.3 Å². The van der Waals surface area contributed by atoms with Crippen molar-refractivity contribution in [3.63, 3.8) is 0 Å². The average Bonchev–Trinajstić information content (AvgIpc) is 3.46. The van der Waals surface area contributed by atoms with Crippen LogP contribution in [0.25, 0.3) is 0 Å². The highest BCUT2D eigenvalue weighted by molar-refractivity contribution is 7.89. The Bertz CT molecular complexity index is 876. The third kappa shape index (κ3) is 4.29. The monoisotopic (exact) mass is 453 g/mol. The maximum absolute atomic E-state index is 13.1. The fourth-order valence-electron chi connectivity index (χ4n) is 4.68. The SMILES string of the molecule is CC1CCN(C(=O)C2CCN(C(=O)c3sccc3S(=O)(=O)N3CCCC3)CC2)CC1. The lowest BCUT2D eigenvalue weighted by atomic mass is 9.92. The van der Waals surface area contributed by atoms with Crippen LogP contribution in [0.15, 0.2) is 16.3 Å². The number of amides is 2. The smallest absolute Gasteiger partial charge is 0.265 e. The van der Waals surface area contributed by atoms with E-state index in [1.165, 1.54) is 15.6 Å². The number of thiophene rings is 1. The van der Waals surface area contributed by atoms with Gasteiger partial charge >= 0.3 is 0 Å². The normalized spacial score (nSPS) is 22.6. The number of hydrogen-bond acceptors (Lipinski definition) is 5. The number of likely N-dealkylation sites (tertiary alicyclic amines) is 2. The van der Waals surface area contributed by atoms with Crippen LogP contribution in [-0.4, -0.2) is 73.6 Å². The van der Waals surface area contributed by atoms with Crippen molar-refractivity contribution in [1.29, 1.82) is 0 Å². The van der Waals surface area contributed by atoms with E-state index in [0.29, 0.717) is 49.8 Å². The molecule has 1 aromatic heterocycles. The topological polar surface area (TPSA) is 78.0 Å². The van der Waals surface area contributed by atoms with Crippen LogP contribution in [0.4, 0.5) is 0 Å². The van der Waals surface area contributed by atoms with Gasteiger partial charge in [-0.3, -0.25) is 9.59 Å². The van der Waals surface area contributed by atoms with Gasteiger partial charge in [0.15, 0.2) is 0 Å². The Balaban J connectivity index is 1.38. The third-order valence-corrected chi connectivity index (χ3v) is 9.71. The van der Waals surface area contributed by atoms with E-state index in [1.54, 1.807) is 16.3 Å². The number of piperidine rings is 2. The van der Waals surface area contributed by atoms with Gasteiger partial charge < -0.3 is 9.80 Å². The predicted molar refractivity (Wildman–Crippen MR) is 116 cm³/mol. The molecule has 0 unspecified atom stereocenters. The Kier molecular flexibility index (Phi) is 6.50. The molecule has 3 fully saturated rings. The minimum atomic E-state index is -3.62. The number of hydrogen-bond donors (Lipinski definition) is 0. The quantitative estimate of drug-likeness (QED) is 0.702. The highest BCUT2D eigenvalue weighted by Crippen LogP contribution is 2.30. The van der Waals surface area contributed by atoms with Crippen molar-refractivity contribution in [2.75, 3.05) is 39.3 Å². The van der Waals surface area contributed by atoms with Crippen LogP contribution in [0.5, 0.6) is 0 Å². The van der Waals surface area contributed by atoms with Gasteiger partial charge in [0.25, 0.3) is 5.91 Å². The van der Waals surface area contributed by atoms with Crippen molar-refractivity contribution in [3.8, 4) is 0 Å². The Morgan fingerprint density at radius 2 is 1.53 bits per heavy atom. The first-order valence-corrected chi connectivity index (χ1v) is 13.4. The molecule has 2 amide bonds. The summed E-state index contributed by atoms with van der Waals surface area (Å²) in [6.07, 6.45) is 5.16. The van der Waals surface area contributed by atoms with E-state index >= 15 is 0 Å². The lowest BCUT2D eigenvalue weighted by Gasteiger charge is -2.36. The van der Waals surface area contributed by atoms with Gasteiger partial charge in [0.2, 0.25) is 15.9 Å². The molecule has 9 heteroatoms. The molecule has 3 aliphatic heterocycles. The minimum Gasteiger partial charge on any atom is -0.342 e. The van der Waals surface area contributed by atoms with E-state index in [4.69, 9.17) is 0 Å². The molecule has 7 nitrogen and oxygen atoms in total. The molecule has 4 heterocycles. The zero-order valence-corrected chi connectivity index (χ0v) is 19.2. The first-order chi connectivity index (χ1) is 14.4. The molecule has 0 saturated carbocycles. The molecule has 30 heavy (non-hydrogen) atoms. The summed E-state index contributed by atoms with van der Waals surface area (Å²) in [7, 11) is -3.62. The molecule has 0 aromatic carbocycles. The van der Waals surface area contributed by atoms with Crippen LogP contribution in [0.3, 0.4) is 0 Å². The van der Waals surface area contributed by atoms with E-state index in [-0.39, 0.29) is 22.6 Å². The van der Waals surface area contributed by atoms with Crippen LogP contribution < -0.4 is 0 Å². The lowest BCUT2D eigenvalue weighted by Crippen LogP contribution is -2.46. The van der Waals surface area contributed by atoms with Crippen molar-refractivity contribution < 1.29 is 18.0 Å². The summed E-state index contributed by atoms with van der Waals surface area (Å²) in [5, 5.41) is 1.68. The summed E-state index contributed by atoms with van der Waals surface area (Å²) in [4.78, 5) is 30.1. The number of rotatable bonds is 4. The Morgan fingerprint density at radius 1 is 0.933 bits per heavy atom. The molecule has 166 valence electrons. The van der Waals surface area contributed by atoms with Crippen molar-refractivity contribution in [1.82, 2.24) is 14.1 Å². The van der Waals surface area contributed by atoms with E-state index in [2.05, 4.69) is 6.92 Å². The van der Waals surface area contributed by atoms with Crippen molar-refractivity contribution in [2.24, 2.45) is 11.8 Å². The van der Waals surface area contributed by atoms with Gasteiger partial charge in [-0.2, -0.15) is 4.31 Å². The van der Waals surface area contributed by atoms with Crippen LogP contribution in [0, 0.1) is 11.8 Å². The second kappa shape index (κ2) is 8.96. The van der Waals surface area contributed by atoms with E-state index < -0.39 is 10.0 Å². The molecule has 0 atom stereocenters. The Hall–Kier alpha value is -1.45. The summed E-state index contributed by atoms with van der Waals surface area (Å²) in [5.41, 5.74) is 0. The number of sulfonamides is 1. The Morgan fingerprint density at radius 3 is 2.17 bits per heavy atom. The molecule has 0 spiro atoms. The molecule has 0 radical (unpaired) electrons. The summed E-state index contributed by atoms with van der Waals surface area (Å²) in [6.45, 7) is 5.96. The molecule has 0 bridgehead atoms. The number of carbonyl (C=O) groups excluding carboxylic acids is 2. The standard InChI is InChI=1S/C21H31N3O4S2/c1-16-4-11-22(12-5-16)20(25)17-6-13-23(14-7-17)21(26)19-18(8-15-29-19)30(27,28)24-9-2-3-10-24/h8,15-17H,2-7,9-14H2,1H3. The summed E-state index contributed by atoms with van der Waals surface area (Å²) in [6, 6.07) is 1.55. The first-order valence-electron chi connectivity index (χ1n) is 11.0. The van der Waals surface area contributed by atoms with Crippen molar-refractivity contribution >= 4 is 33.2 Å². The zero-order valence-electron chi connectivity index (χ0n) is 17.6. The predicted octanol–water partition coefficient (Wildman–Crippen LogP) is 2.64. The highest BCUT2D eigenvalue weighted by atomic mass is 32.2. The molecular formula is C21H31N3O4S2. The second-order valence-corrected chi connectivity index (χ2v) is 11.6. The lowest BCUT2D eigenvalue weighted by molar-refractivity contribution is -0.138. The molecule has 3 aliphatic rings. The van der Waals surface area contributed by atoms with Crippen LogP contribution >= 0.6 is 11.3 Å². The van der Waals surface area contributed by atoms with E-state index in [1.807, 2.05) is 4.90 Å². The fourth-order valence-corrected chi connectivity index (χ4v) is 7.56. The number of carbonyl (C=O) groups is 2. The molecule has 3 saturated heterocycles. The largest absolute Gasteiger partial charge is 0.342 e. The van der Waals surface area contributed by atoms with Crippen molar-refractivity contribution in [2.45, 2.75) is 50.3 Å². The van der Waals surface area contributed by atoms with Gasteiger partial charge in [0, 0.05) is 45.2 Å². The van der Waals surface area contributed by atoms with Crippen LogP contribution in [0.2, 0.25) is 0 Å². The third-order valence-electron chi connectivity index (χ3n) is 6.73. The van der Waals surface area contributed by atoms with E-state index in [9.17, 15) is 18.0 Å². The van der Waals surface area contributed by atoms with Gasteiger partial charge in [0.05, 0.1) is 0 Å². The molecule has 0 aliphatic carbocycles. The molecule has 4 rings (SSSR count). The zero-order chi connectivity index (χ0) is 21.3. The first kappa shape index (κ1) is 21.8. The van der Waals surface area contributed by atoms with Crippen LogP contribution in [0.1, 0.15) is 55.1 Å². The fraction of sp³-hybridized carbons (Fsp3) is 0.714. The summed E-state index contributed by atoms with van der Waals surface area (Å²) in [5.74, 6) is 0.659. The van der Waals surface area contributed by atoms with Crippen LogP contribution in [-0.2, 0) is 14.8 Å². The summed E-state index contributed by atoms with van der Waals surface area (Å²) < 4.78 is 27.4. The van der Waals surface area contributed by atoms with E-state index in [0.717, 1.165) is 38.8 Å². The number of nitrogens with zero attached hydrogens (tertiary/aromatic N) is 3. The van der Waals surface area contributed by atoms with Gasteiger partial charge in [-0.05, 0) is 55.9 Å². The highest BCUT2D eigenvalue weighted by Gasteiger charge is 2.36. The summed E-state index contributed by atoms with van der Waals surface area (Å²) >= 11 is 1.19. The molecule has 1 aromatic rings. The maximum atomic E-state index is 13.1. The maximum Gasteiger partial charge on any atom is 0.265 e. The average molecular weight is 454 g/mol.